The van der Waals surface area contributed by atoms with Gasteiger partial charge in [-0.3, -0.25) is 10.3 Å². The van der Waals surface area contributed by atoms with Crippen molar-refractivity contribution in [2.75, 3.05) is 19.7 Å². The van der Waals surface area contributed by atoms with Crippen molar-refractivity contribution in [1.82, 2.24) is 4.90 Å². The Bertz CT molecular complexity index is 389. The summed E-state index contributed by atoms with van der Waals surface area (Å²) < 4.78 is 5.24. The highest BCUT2D eigenvalue weighted by molar-refractivity contribution is 5.85. The molecule has 1 aromatic rings. The van der Waals surface area contributed by atoms with E-state index < -0.39 is 0 Å². The zero-order valence-electron chi connectivity index (χ0n) is 12.2. The molecule has 0 amide bonds. The van der Waals surface area contributed by atoms with Crippen LogP contribution in [-0.2, 0) is 11.3 Å². The number of ether oxygens (including phenoxy) is 1. The SMILES string of the molecule is CCOC(=N)CC1CCN(Cc2ccccc2)CC1.Cl. The number of nitrogens with zero attached hydrogens (tertiary/aromatic N) is 1. The second kappa shape index (κ2) is 8.98. The molecule has 1 N–H and O–H groups in total. The number of rotatable bonds is 5. The van der Waals surface area contributed by atoms with Crippen molar-refractivity contribution in [3.63, 3.8) is 0 Å². The summed E-state index contributed by atoms with van der Waals surface area (Å²) in [6, 6.07) is 10.7. The maximum absolute atomic E-state index is 7.72. The van der Waals surface area contributed by atoms with Gasteiger partial charge in [0.2, 0.25) is 0 Å². The number of piperidine rings is 1. The molecule has 112 valence electrons. The highest BCUT2D eigenvalue weighted by Crippen LogP contribution is 2.22. The van der Waals surface area contributed by atoms with Crippen LogP contribution in [0.15, 0.2) is 30.3 Å². The molecule has 0 saturated carbocycles. The van der Waals surface area contributed by atoms with Crippen molar-refractivity contribution < 1.29 is 4.74 Å². The van der Waals surface area contributed by atoms with E-state index in [4.69, 9.17) is 10.1 Å². The van der Waals surface area contributed by atoms with Crippen molar-refractivity contribution in [1.29, 1.82) is 5.41 Å². The fourth-order valence-electron chi connectivity index (χ4n) is 2.69. The van der Waals surface area contributed by atoms with E-state index in [1.165, 1.54) is 18.4 Å². The van der Waals surface area contributed by atoms with Crippen molar-refractivity contribution in [3.05, 3.63) is 35.9 Å². The fourth-order valence-corrected chi connectivity index (χ4v) is 2.69. The molecule has 1 aliphatic heterocycles. The molecule has 1 saturated heterocycles. The van der Waals surface area contributed by atoms with Crippen LogP contribution in [0.1, 0.15) is 31.7 Å². The van der Waals surface area contributed by atoms with Crippen molar-refractivity contribution in [2.45, 2.75) is 32.7 Å². The zero-order chi connectivity index (χ0) is 13.5. The van der Waals surface area contributed by atoms with E-state index in [9.17, 15) is 0 Å². The van der Waals surface area contributed by atoms with Crippen molar-refractivity contribution in [3.8, 4) is 0 Å². The first-order valence-electron chi connectivity index (χ1n) is 7.24. The first-order chi connectivity index (χ1) is 9.28. The average Bonchev–Trinajstić information content (AvgIpc) is 2.42. The number of likely N-dealkylation sites (tertiary alicyclic amines) is 1. The molecule has 0 atom stereocenters. The van der Waals surface area contributed by atoms with Crippen LogP contribution in [-0.4, -0.2) is 30.5 Å². The third kappa shape index (κ3) is 5.51. The van der Waals surface area contributed by atoms with Crippen LogP contribution < -0.4 is 0 Å². The van der Waals surface area contributed by atoms with E-state index in [-0.39, 0.29) is 12.4 Å². The van der Waals surface area contributed by atoms with Gasteiger partial charge in [0.25, 0.3) is 0 Å². The summed E-state index contributed by atoms with van der Waals surface area (Å²) in [6.07, 6.45) is 3.18. The van der Waals surface area contributed by atoms with Crippen LogP contribution in [0.2, 0.25) is 0 Å². The summed E-state index contributed by atoms with van der Waals surface area (Å²) in [5.41, 5.74) is 1.39. The van der Waals surface area contributed by atoms with E-state index in [1.54, 1.807) is 0 Å². The Morgan fingerprint density at radius 1 is 1.25 bits per heavy atom. The quantitative estimate of drug-likeness (QED) is 0.664. The van der Waals surface area contributed by atoms with E-state index in [0.29, 0.717) is 18.4 Å². The van der Waals surface area contributed by atoms with E-state index in [2.05, 4.69) is 35.2 Å². The minimum atomic E-state index is 0. The van der Waals surface area contributed by atoms with Crippen molar-refractivity contribution >= 4 is 18.3 Å². The van der Waals surface area contributed by atoms with Gasteiger partial charge in [-0.2, -0.15) is 0 Å². The third-order valence-electron chi connectivity index (χ3n) is 3.75. The molecule has 0 unspecified atom stereocenters. The molecular weight excluding hydrogens is 272 g/mol. The first-order valence-corrected chi connectivity index (χ1v) is 7.24. The molecule has 1 aromatic carbocycles. The number of hydrogen-bond acceptors (Lipinski definition) is 3. The largest absolute Gasteiger partial charge is 0.481 e. The van der Waals surface area contributed by atoms with Crippen LogP contribution in [0, 0.1) is 11.3 Å². The fraction of sp³-hybridized carbons (Fsp3) is 0.562. The molecular formula is C16H25ClN2O. The lowest BCUT2D eigenvalue weighted by atomic mass is 9.93. The van der Waals surface area contributed by atoms with E-state index in [0.717, 1.165) is 26.1 Å². The Morgan fingerprint density at radius 3 is 2.50 bits per heavy atom. The monoisotopic (exact) mass is 296 g/mol. The second-order valence-corrected chi connectivity index (χ2v) is 5.27. The van der Waals surface area contributed by atoms with Gasteiger partial charge in [-0.1, -0.05) is 30.3 Å². The van der Waals surface area contributed by atoms with Crippen LogP contribution in [0.5, 0.6) is 0 Å². The molecule has 2 rings (SSSR count). The van der Waals surface area contributed by atoms with Crippen LogP contribution in [0.3, 0.4) is 0 Å². The van der Waals surface area contributed by atoms with Gasteiger partial charge in [0.05, 0.1) is 6.61 Å². The van der Waals surface area contributed by atoms with Gasteiger partial charge in [0.1, 0.15) is 0 Å². The van der Waals surface area contributed by atoms with Crippen LogP contribution in [0.4, 0.5) is 0 Å². The summed E-state index contributed by atoms with van der Waals surface area (Å²) in [4.78, 5) is 2.51. The second-order valence-electron chi connectivity index (χ2n) is 5.27. The average molecular weight is 297 g/mol. The minimum absolute atomic E-state index is 0. The lowest BCUT2D eigenvalue weighted by Gasteiger charge is -2.31. The van der Waals surface area contributed by atoms with Gasteiger partial charge in [-0.05, 0) is 44.3 Å². The normalized spacial score (nSPS) is 16.4. The molecule has 1 heterocycles. The molecule has 0 aliphatic carbocycles. The third-order valence-corrected chi connectivity index (χ3v) is 3.75. The number of halogens is 1. The maximum atomic E-state index is 7.72. The Balaban J connectivity index is 0.00000200. The Labute approximate surface area is 128 Å². The maximum Gasteiger partial charge on any atom is 0.180 e. The topological polar surface area (TPSA) is 36.3 Å². The molecule has 4 heteroatoms. The van der Waals surface area contributed by atoms with E-state index in [1.807, 2.05) is 6.92 Å². The van der Waals surface area contributed by atoms with Gasteiger partial charge in [-0.25, -0.2) is 0 Å². The Hall–Kier alpha value is -1.06. The molecule has 0 aromatic heterocycles. The minimum Gasteiger partial charge on any atom is -0.481 e. The smallest absolute Gasteiger partial charge is 0.180 e. The first kappa shape index (κ1) is 17.0. The van der Waals surface area contributed by atoms with Gasteiger partial charge in [-0.15, -0.1) is 12.4 Å². The van der Waals surface area contributed by atoms with Gasteiger partial charge < -0.3 is 4.74 Å². The summed E-state index contributed by atoms with van der Waals surface area (Å²) >= 11 is 0. The Kier molecular flexibility index (Phi) is 7.63. The van der Waals surface area contributed by atoms with Crippen LogP contribution in [0.25, 0.3) is 0 Å². The highest BCUT2D eigenvalue weighted by Gasteiger charge is 2.20. The predicted octanol–water partition coefficient (Wildman–Crippen LogP) is 3.72. The molecule has 3 nitrogen and oxygen atoms in total. The Morgan fingerprint density at radius 2 is 1.90 bits per heavy atom. The van der Waals surface area contributed by atoms with Gasteiger partial charge in [0, 0.05) is 13.0 Å². The number of benzene rings is 1. The molecule has 1 aliphatic rings. The van der Waals surface area contributed by atoms with Crippen LogP contribution >= 0.6 is 12.4 Å². The van der Waals surface area contributed by atoms with Gasteiger partial charge in [0.15, 0.2) is 5.90 Å². The lowest BCUT2D eigenvalue weighted by Crippen LogP contribution is -2.34. The molecule has 0 radical (unpaired) electrons. The lowest BCUT2D eigenvalue weighted by molar-refractivity contribution is 0.175. The summed E-state index contributed by atoms with van der Waals surface area (Å²) in [7, 11) is 0. The molecule has 0 bridgehead atoms. The summed E-state index contributed by atoms with van der Waals surface area (Å²) in [5.74, 6) is 1.09. The molecule has 0 spiro atoms. The highest BCUT2D eigenvalue weighted by atomic mass is 35.5. The zero-order valence-corrected chi connectivity index (χ0v) is 13.0. The van der Waals surface area contributed by atoms with Crippen molar-refractivity contribution in [2.24, 2.45) is 5.92 Å². The summed E-state index contributed by atoms with van der Waals surface area (Å²) in [5, 5.41) is 7.72. The standard InChI is InChI=1S/C16H24N2O.ClH/c1-2-19-16(17)12-14-8-10-18(11-9-14)13-15-6-4-3-5-7-15;/h3-7,14,17H,2,8-13H2,1H3;1H. The van der Waals surface area contributed by atoms with Gasteiger partial charge >= 0.3 is 0 Å². The van der Waals surface area contributed by atoms with E-state index >= 15 is 0 Å². The predicted molar refractivity (Wildman–Crippen MR) is 85.7 cm³/mol. The molecule has 1 fully saturated rings. The molecule has 20 heavy (non-hydrogen) atoms. The number of hydrogen-bond donors (Lipinski definition) is 1. The number of nitrogens with one attached hydrogen (secondary N) is 1. The summed E-state index contributed by atoms with van der Waals surface area (Å²) in [6.45, 7) is 5.89.